The van der Waals surface area contributed by atoms with E-state index in [0.29, 0.717) is 6.04 Å². The van der Waals surface area contributed by atoms with Crippen LogP contribution in [0.2, 0.25) is 0 Å². The van der Waals surface area contributed by atoms with E-state index in [1.165, 1.54) is 25.8 Å². The summed E-state index contributed by atoms with van der Waals surface area (Å²) in [5, 5.41) is 3.56. The van der Waals surface area contributed by atoms with Crippen molar-refractivity contribution in [3.8, 4) is 0 Å². The molecule has 17 heavy (non-hydrogen) atoms. The summed E-state index contributed by atoms with van der Waals surface area (Å²) in [7, 11) is 0. The van der Waals surface area contributed by atoms with Crippen LogP contribution in [0.5, 0.6) is 0 Å². The molecule has 1 N–H and O–H groups in total. The van der Waals surface area contributed by atoms with Crippen LogP contribution in [0.3, 0.4) is 0 Å². The Bertz CT molecular complexity index is 199. The molecule has 0 bridgehead atoms. The molecule has 2 atom stereocenters. The summed E-state index contributed by atoms with van der Waals surface area (Å²) >= 11 is 0. The molecule has 0 aliphatic heterocycles. The molecule has 1 aliphatic rings. The third-order valence-electron chi connectivity index (χ3n) is 3.83. The van der Waals surface area contributed by atoms with Crippen LogP contribution in [0.15, 0.2) is 0 Å². The first-order valence-electron chi connectivity index (χ1n) is 7.52. The van der Waals surface area contributed by atoms with E-state index < -0.39 is 0 Å². The van der Waals surface area contributed by atoms with Gasteiger partial charge in [0.2, 0.25) is 0 Å². The molecule has 0 aromatic carbocycles. The average Bonchev–Trinajstić information content (AvgIpc) is 3.08. The monoisotopic (exact) mass is 240 g/mol. The second kappa shape index (κ2) is 7.38. The lowest BCUT2D eigenvalue weighted by Gasteiger charge is -2.34. The van der Waals surface area contributed by atoms with E-state index in [4.69, 9.17) is 0 Å². The van der Waals surface area contributed by atoms with Gasteiger partial charge in [-0.3, -0.25) is 4.90 Å². The van der Waals surface area contributed by atoms with Crippen molar-refractivity contribution in [2.75, 3.05) is 19.6 Å². The minimum absolute atomic E-state index is 0.717. The van der Waals surface area contributed by atoms with Gasteiger partial charge in [-0.05, 0) is 51.1 Å². The van der Waals surface area contributed by atoms with Crippen molar-refractivity contribution in [1.29, 1.82) is 0 Å². The Morgan fingerprint density at radius 1 is 1.18 bits per heavy atom. The van der Waals surface area contributed by atoms with Crippen molar-refractivity contribution in [3.05, 3.63) is 0 Å². The lowest BCUT2D eigenvalue weighted by Crippen LogP contribution is -2.44. The van der Waals surface area contributed by atoms with Crippen LogP contribution in [-0.2, 0) is 0 Å². The molecule has 0 aromatic rings. The summed E-state index contributed by atoms with van der Waals surface area (Å²) in [5.74, 6) is 1.54. The minimum Gasteiger partial charge on any atom is -0.316 e. The Balaban J connectivity index is 2.37. The van der Waals surface area contributed by atoms with Crippen LogP contribution < -0.4 is 5.32 Å². The molecule has 0 amide bonds. The van der Waals surface area contributed by atoms with Crippen LogP contribution in [0, 0.1) is 11.8 Å². The van der Waals surface area contributed by atoms with E-state index in [1.807, 2.05) is 0 Å². The number of nitrogens with one attached hydrogen (secondary N) is 1. The van der Waals surface area contributed by atoms with Crippen LogP contribution in [-0.4, -0.2) is 36.6 Å². The van der Waals surface area contributed by atoms with E-state index in [2.05, 4.69) is 44.8 Å². The van der Waals surface area contributed by atoms with Gasteiger partial charge in [0.1, 0.15) is 0 Å². The molecule has 102 valence electrons. The molecule has 0 aromatic heterocycles. The largest absolute Gasteiger partial charge is 0.316 e. The predicted octanol–water partition coefficient (Wildman–Crippen LogP) is 3.13. The average molecular weight is 240 g/mol. The first kappa shape index (κ1) is 15.0. The van der Waals surface area contributed by atoms with Gasteiger partial charge in [-0.2, -0.15) is 0 Å². The van der Waals surface area contributed by atoms with Crippen molar-refractivity contribution in [2.24, 2.45) is 11.8 Å². The Morgan fingerprint density at radius 3 is 2.29 bits per heavy atom. The smallest absolute Gasteiger partial charge is 0.0108 e. The van der Waals surface area contributed by atoms with Crippen molar-refractivity contribution in [2.45, 2.75) is 66.0 Å². The fourth-order valence-corrected chi connectivity index (χ4v) is 2.48. The minimum atomic E-state index is 0.717. The molecule has 1 aliphatic carbocycles. The zero-order valence-corrected chi connectivity index (χ0v) is 12.5. The third kappa shape index (κ3) is 5.39. The highest BCUT2D eigenvalue weighted by Crippen LogP contribution is 2.31. The van der Waals surface area contributed by atoms with Gasteiger partial charge in [0.15, 0.2) is 0 Å². The zero-order valence-electron chi connectivity index (χ0n) is 12.5. The van der Waals surface area contributed by atoms with Crippen LogP contribution in [0.1, 0.15) is 53.9 Å². The standard InChI is InChI=1S/C15H32N2/c1-6-9-16-10-13(4)14(5)17(11-12(2)3)15-7-8-15/h12-16H,6-11H2,1-5H3. The highest BCUT2D eigenvalue weighted by Gasteiger charge is 2.34. The van der Waals surface area contributed by atoms with Crippen molar-refractivity contribution in [3.63, 3.8) is 0 Å². The van der Waals surface area contributed by atoms with Gasteiger partial charge in [0.05, 0.1) is 0 Å². The van der Waals surface area contributed by atoms with Crippen molar-refractivity contribution >= 4 is 0 Å². The zero-order chi connectivity index (χ0) is 12.8. The molecular weight excluding hydrogens is 208 g/mol. The first-order chi connectivity index (χ1) is 8.06. The highest BCUT2D eigenvalue weighted by molar-refractivity contribution is 4.89. The molecule has 0 saturated heterocycles. The molecule has 2 unspecified atom stereocenters. The summed E-state index contributed by atoms with van der Waals surface area (Å²) < 4.78 is 0. The van der Waals surface area contributed by atoms with Gasteiger partial charge in [-0.1, -0.05) is 27.7 Å². The SMILES string of the molecule is CCCNCC(C)C(C)N(CC(C)C)C1CC1. The Morgan fingerprint density at radius 2 is 1.82 bits per heavy atom. The molecule has 2 heteroatoms. The summed E-state index contributed by atoms with van der Waals surface area (Å²) in [6.45, 7) is 15.3. The molecule has 0 spiro atoms. The lowest BCUT2D eigenvalue weighted by molar-refractivity contribution is 0.134. The van der Waals surface area contributed by atoms with Crippen LogP contribution >= 0.6 is 0 Å². The summed E-state index contributed by atoms with van der Waals surface area (Å²) in [6.07, 6.45) is 4.08. The van der Waals surface area contributed by atoms with E-state index in [-0.39, 0.29) is 0 Å². The van der Waals surface area contributed by atoms with Crippen molar-refractivity contribution in [1.82, 2.24) is 10.2 Å². The first-order valence-corrected chi connectivity index (χ1v) is 7.52. The van der Waals surface area contributed by atoms with E-state index in [0.717, 1.165) is 31.0 Å². The summed E-state index contributed by atoms with van der Waals surface area (Å²) in [5.41, 5.74) is 0. The quantitative estimate of drug-likeness (QED) is 0.623. The van der Waals surface area contributed by atoms with E-state index in [1.54, 1.807) is 0 Å². The van der Waals surface area contributed by atoms with Gasteiger partial charge in [0.25, 0.3) is 0 Å². The maximum absolute atomic E-state index is 3.56. The van der Waals surface area contributed by atoms with Gasteiger partial charge < -0.3 is 5.32 Å². The van der Waals surface area contributed by atoms with Crippen LogP contribution in [0.4, 0.5) is 0 Å². The maximum Gasteiger partial charge on any atom is 0.0108 e. The maximum atomic E-state index is 3.56. The summed E-state index contributed by atoms with van der Waals surface area (Å²) in [6, 6.07) is 1.61. The fourth-order valence-electron chi connectivity index (χ4n) is 2.48. The molecule has 1 fully saturated rings. The molecule has 2 nitrogen and oxygen atoms in total. The number of nitrogens with zero attached hydrogens (tertiary/aromatic N) is 1. The van der Waals surface area contributed by atoms with Gasteiger partial charge in [-0.15, -0.1) is 0 Å². The molecule has 0 heterocycles. The number of rotatable bonds is 9. The Labute approximate surface area is 108 Å². The molecule has 1 saturated carbocycles. The predicted molar refractivity (Wildman–Crippen MR) is 76.4 cm³/mol. The molecular formula is C15H32N2. The second-order valence-corrected chi connectivity index (χ2v) is 6.24. The highest BCUT2D eigenvalue weighted by atomic mass is 15.2. The number of hydrogen-bond acceptors (Lipinski definition) is 2. The number of hydrogen-bond donors (Lipinski definition) is 1. The Hall–Kier alpha value is -0.0800. The normalized spacial score (nSPS) is 19.9. The topological polar surface area (TPSA) is 15.3 Å². The van der Waals surface area contributed by atoms with Gasteiger partial charge in [0, 0.05) is 18.6 Å². The van der Waals surface area contributed by atoms with E-state index >= 15 is 0 Å². The van der Waals surface area contributed by atoms with Gasteiger partial charge in [-0.25, -0.2) is 0 Å². The molecule has 0 radical (unpaired) electrons. The Kier molecular flexibility index (Phi) is 6.50. The second-order valence-electron chi connectivity index (χ2n) is 6.24. The van der Waals surface area contributed by atoms with Crippen LogP contribution in [0.25, 0.3) is 0 Å². The van der Waals surface area contributed by atoms with Gasteiger partial charge >= 0.3 is 0 Å². The van der Waals surface area contributed by atoms with Crippen molar-refractivity contribution < 1.29 is 0 Å². The lowest BCUT2D eigenvalue weighted by atomic mass is 10.0. The fraction of sp³-hybridized carbons (Fsp3) is 1.00. The third-order valence-corrected chi connectivity index (χ3v) is 3.83. The van der Waals surface area contributed by atoms with E-state index in [9.17, 15) is 0 Å². The summed E-state index contributed by atoms with van der Waals surface area (Å²) in [4.78, 5) is 2.75. The molecule has 1 rings (SSSR count).